The summed E-state index contributed by atoms with van der Waals surface area (Å²) in [6, 6.07) is 6.48. The normalized spacial score (nSPS) is 18.9. The molecule has 1 N–H and O–H groups in total. The van der Waals surface area contributed by atoms with Crippen molar-refractivity contribution >= 4 is 11.7 Å². The van der Waals surface area contributed by atoms with Crippen LogP contribution >= 0.6 is 0 Å². The van der Waals surface area contributed by atoms with Gasteiger partial charge in [-0.25, -0.2) is 4.39 Å². The van der Waals surface area contributed by atoms with Gasteiger partial charge in [0.1, 0.15) is 5.82 Å². The van der Waals surface area contributed by atoms with Crippen LogP contribution in [0.15, 0.2) is 24.3 Å². The van der Waals surface area contributed by atoms with Gasteiger partial charge in [-0.2, -0.15) is 0 Å². The number of ether oxygens (including phenoxy) is 1. The number of hydrogen-bond donors (Lipinski definition) is 1. The first-order valence-corrected chi connectivity index (χ1v) is 9.88. The highest BCUT2D eigenvalue weighted by molar-refractivity contribution is 6.01. The zero-order valence-corrected chi connectivity index (χ0v) is 16.1. The molecule has 1 aromatic heterocycles. The molecule has 0 spiro atoms. The summed E-state index contributed by atoms with van der Waals surface area (Å²) in [5.74, 6) is -0.216. The van der Waals surface area contributed by atoms with E-state index < -0.39 is 0 Å². The Morgan fingerprint density at radius 3 is 2.79 bits per heavy atom. The first-order valence-electron chi connectivity index (χ1n) is 9.88. The van der Waals surface area contributed by atoms with Gasteiger partial charge in [-0.1, -0.05) is 12.1 Å². The Kier molecular flexibility index (Phi) is 5.31. The van der Waals surface area contributed by atoms with Crippen molar-refractivity contribution in [1.82, 2.24) is 9.88 Å². The number of fused-ring (bicyclic) bond motifs is 1. The van der Waals surface area contributed by atoms with Crippen LogP contribution < -0.4 is 5.32 Å². The molecule has 1 aliphatic carbocycles. The van der Waals surface area contributed by atoms with Crippen LogP contribution in [0.3, 0.4) is 0 Å². The zero-order chi connectivity index (χ0) is 19.7. The number of amides is 1. The largest absolute Gasteiger partial charge is 0.379 e. The van der Waals surface area contributed by atoms with Gasteiger partial charge < -0.3 is 14.6 Å². The summed E-state index contributed by atoms with van der Waals surface area (Å²) in [5.41, 5.74) is 4.48. The van der Waals surface area contributed by atoms with Crippen LogP contribution in [0, 0.1) is 12.7 Å². The van der Waals surface area contributed by atoms with Crippen LogP contribution in [0.1, 0.15) is 52.1 Å². The smallest absolute Gasteiger partial charge is 0.224 e. The molecule has 5 nitrogen and oxygen atoms in total. The molecule has 1 fully saturated rings. The van der Waals surface area contributed by atoms with Gasteiger partial charge in [0.25, 0.3) is 0 Å². The predicted molar refractivity (Wildman–Crippen MR) is 103 cm³/mol. The third-order valence-corrected chi connectivity index (χ3v) is 5.74. The molecule has 6 heteroatoms. The summed E-state index contributed by atoms with van der Waals surface area (Å²) in [4.78, 5) is 25.3. The average molecular weight is 384 g/mol. The van der Waals surface area contributed by atoms with Crippen molar-refractivity contribution in [2.75, 3.05) is 13.2 Å². The van der Waals surface area contributed by atoms with Crippen molar-refractivity contribution in [1.29, 1.82) is 0 Å². The van der Waals surface area contributed by atoms with E-state index in [9.17, 15) is 14.0 Å². The number of carbonyl (C=O) groups excluding carboxylic acids is 2. The molecule has 2 aliphatic rings. The summed E-state index contributed by atoms with van der Waals surface area (Å²) < 4.78 is 20.7. The van der Waals surface area contributed by atoms with E-state index in [1.54, 1.807) is 12.1 Å². The highest BCUT2D eigenvalue weighted by Crippen LogP contribution is 2.31. The molecule has 1 amide bonds. The summed E-state index contributed by atoms with van der Waals surface area (Å²) in [6.45, 7) is 3.76. The molecular formula is C22H25FN2O3. The van der Waals surface area contributed by atoms with E-state index in [-0.39, 0.29) is 30.0 Å². The van der Waals surface area contributed by atoms with Gasteiger partial charge >= 0.3 is 0 Å². The Bertz CT molecular complexity index is 895. The third-order valence-electron chi connectivity index (χ3n) is 5.74. The number of ketones is 1. The van der Waals surface area contributed by atoms with E-state index in [2.05, 4.69) is 9.88 Å². The summed E-state index contributed by atoms with van der Waals surface area (Å²) in [6.07, 6.45) is 3.20. The van der Waals surface area contributed by atoms with Crippen molar-refractivity contribution in [3.8, 4) is 0 Å². The lowest BCUT2D eigenvalue weighted by Crippen LogP contribution is -2.36. The van der Waals surface area contributed by atoms with Crippen LogP contribution in [0.2, 0.25) is 0 Å². The molecule has 2 heterocycles. The number of benzene rings is 1. The molecule has 1 saturated heterocycles. The second-order valence-corrected chi connectivity index (χ2v) is 7.68. The van der Waals surface area contributed by atoms with Crippen LogP contribution in [-0.2, 0) is 28.9 Å². The van der Waals surface area contributed by atoms with E-state index in [1.807, 2.05) is 6.92 Å². The second-order valence-electron chi connectivity index (χ2n) is 7.68. The van der Waals surface area contributed by atoms with Gasteiger partial charge in [0.15, 0.2) is 5.78 Å². The minimum Gasteiger partial charge on any atom is -0.379 e. The van der Waals surface area contributed by atoms with Gasteiger partial charge in [0, 0.05) is 36.5 Å². The molecule has 0 saturated carbocycles. The van der Waals surface area contributed by atoms with Gasteiger partial charge in [-0.3, -0.25) is 9.59 Å². The van der Waals surface area contributed by atoms with Gasteiger partial charge in [0.2, 0.25) is 5.91 Å². The molecule has 28 heavy (non-hydrogen) atoms. The van der Waals surface area contributed by atoms with E-state index in [0.717, 1.165) is 47.3 Å². The molecule has 1 aromatic carbocycles. The fourth-order valence-corrected chi connectivity index (χ4v) is 4.28. The van der Waals surface area contributed by atoms with E-state index in [0.29, 0.717) is 26.2 Å². The summed E-state index contributed by atoms with van der Waals surface area (Å²) in [5, 5.41) is 3.02. The van der Waals surface area contributed by atoms with Crippen LogP contribution in [0.4, 0.5) is 4.39 Å². The predicted octanol–water partition coefficient (Wildman–Crippen LogP) is 2.95. The molecule has 4 rings (SSSR count). The Hall–Kier alpha value is -2.47. The molecule has 0 unspecified atom stereocenters. The fraction of sp³-hybridized carbons (Fsp3) is 0.455. The number of rotatable bonds is 5. The van der Waals surface area contributed by atoms with E-state index in [4.69, 9.17) is 4.74 Å². The van der Waals surface area contributed by atoms with E-state index in [1.165, 1.54) is 12.1 Å². The SMILES string of the molecule is Cc1c(CC(=O)N[C@H]2CCOC2)c2c(n1Cc1ccc(F)cc1)CCCC2=O. The van der Waals surface area contributed by atoms with Crippen LogP contribution in [0.5, 0.6) is 0 Å². The molecular weight excluding hydrogens is 359 g/mol. The lowest BCUT2D eigenvalue weighted by Gasteiger charge is -2.16. The zero-order valence-electron chi connectivity index (χ0n) is 16.1. The van der Waals surface area contributed by atoms with Gasteiger partial charge in [0.05, 0.1) is 19.1 Å². The number of aromatic nitrogens is 1. The molecule has 0 bridgehead atoms. The molecule has 1 aliphatic heterocycles. The summed E-state index contributed by atoms with van der Waals surface area (Å²) >= 11 is 0. The Balaban J connectivity index is 1.63. The van der Waals surface area contributed by atoms with Gasteiger partial charge in [-0.05, 0) is 49.4 Å². The number of Topliss-reactive ketones (excluding diaryl/α,β-unsaturated/α-hetero) is 1. The monoisotopic (exact) mass is 384 g/mol. The Labute approximate surface area is 163 Å². The lowest BCUT2D eigenvalue weighted by atomic mass is 9.92. The van der Waals surface area contributed by atoms with Crippen molar-refractivity contribution < 1.29 is 18.7 Å². The quantitative estimate of drug-likeness (QED) is 0.862. The first kappa shape index (κ1) is 18.9. The number of carbonyl (C=O) groups is 2. The first-order chi connectivity index (χ1) is 13.5. The van der Waals surface area contributed by atoms with Gasteiger partial charge in [-0.15, -0.1) is 0 Å². The maximum absolute atomic E-state index is 13.2. The van der Waals surface area contributed by atoms with Crippen molar-refractivity contribution in [3.63, 3.8) is 0 Å². The highest BCUT2D eigenvalue weighted by Gasteiger charge is 2.29. The number of halogens is 1. The third kappa shape index (κ3) is 3.74. The molecule has 148 valence electrons. The standard InChI is InChI=1S/C22H25FN2O3/c1-14-18(11-21(27)24-17-9-10-28-13-17)22-19(3-2-4-20(22)26)25(14)12-15-5-7-16(23)8-6-15/h5-8,17H,2-4,9-13H2,1H3,(H,24,27)/t17-/m0/s1. The lowest BCUT2D eigenvalue weighted by molar-refractivity contribution is -0.121. The number of nitrogens with one attached hydrogen (secondary N) is 1. The molecule has 0 radical (unpaired) electrons. The second kappa shape index (κ2) is 7.87. The highest BCUT2D eigenvalue weighted by atomic mass is 19.1. The van der Waals surface area contributed by atoms with Crippen molar-refractivity contribution in [3.05, 3.63) is 58.2 Å². The maximum Gasteiger partial charge on any atom is 0.224 e. The van der Waals surface area contributed by atoms with Crippen molar-refractivity contribution in [2.24, 2.45) is 0 Å². The minimum atomic E-state index is -0.265. The Morgan fingerprint density at radius 2 is 2.07 bits per heavy atom. The van der Waals surface area contributed by atoms with E-state index >= 15 is 0 Å². The minimum absolute atomic E-state index is 0.0561. The maximum atomic E-state index is 13.2. The molecule has 2 aromatic rings. The fourth-order valence-electron chi connectivity index (χ4n) is 4.28. The van der Waals surface area contributed by atoms with Crippen molar-refractivity contribution in [2.45, 2.75) is 51.6 Å². The van der Waals surface area contributed by atoms with Crippen LogP contribution in [0.25, 0.3) is 0 Å². The van der Waals surface area contributed by atoms with Crippen LogP contribution in [-0.4, -0.2) is 35.5 Å². The Morgan fingerprint density at radius 1 is 1.29 bits per heavy atom. The topological polar surface area (TPSA) is 60.3 Å². The molecule has 1 atom stereocenters. The average Bonchev–Trinajstić information content (AvgIpc) is 3.26. The number of nitrogens with zero attached hydrogens (tertiary/aromatic N) is 1. The number of hydrogen-bond acceptors (Lipinski definition) is 3. The summed E-state index contributed by atoms with van der Waals surface area (Å²) in [7, 11) is 0.